The molecule has 3 aromatic carbocycles. The number of anilines is 1. The third-order valence-corrected chi connectivity index (χ3v) is 5.90. The number of aryl methyl sites for hydroxylation is 2. The van der Waals surface area contributed by atoms with Crippen molar-refractivity contribution in [2.45, 2.75) is 26.8 Å². The minimum atomic E-state index is -0.817. The van der Waals surface area contributed by atoms with Crippen molar-refractivity contribution in [1.29, 1.82) is 0 Å². The molecule has 0 radical (unpaired) electrons. The predicted molar refractivity (Wildman–Crippen MR) is 131 cm³/mol. The number of amides is 1. The summed E-state index contributed by atoms with van der Waals surface area (Å²) in [6.07, 6.45) is 0. The number of aliphatic hydroxyl groups is 1. The number of Topliss-reactive ketones (excluding diaryl/α,β-unsaturated/α-hetero) is 1. The van der Waals surface area contributed by atoms with E-state index >= 15 is 0 Å². The van der Waals surface area contributed by atoms with Crippen LogP contribution < -0.4 is 14.4 Å². The van der Waals surface area contributed by atoms with Crippen molar-refractivity contribution < 1.29 is 24.2 Å². The van der Waals surface area contributed by atoms with Crippen LogP contribution in [0.3, 0.4) is 0 Å². The Morgan fingerprint density at radius 2 is 1.74 bits per heavy atom. The van der Waals surface area contributed by atoms with E-state index in [1.54, 1.807) is 42.5 Å². The Labute approximate surface area is 199 Å². The summed E-state index contributed by atoms with van der Waals surface area (Å²) < 4.78 is 11.1. The number of ether oxygens (including phenoxy) is 2. The number of rotatable bonds is 6. The molecule has 1 aliphatic rings. The second-order valence-corrected chi connectivity index (χ2v) is 8.17. The van der Waals surface area contributed by atoms with E-state index in [9.17, 15) is 14.7 Å². The molecule has 1 saturated heterocycles. The number of hydrogen-bond acceptors (Lipinski definition) is 5. The zero-order valence-corrected chi connectivity index (χ0v) is 19.7. The van der Waals surface area contributed by atoms with Gasteiger partial charge in [-0.3, -0.25) is 14.5 Å². The highest BCUT2D eigenvalue weighted by Crippen LogP contribution is 2.45. The molecule has 1 aliphatic heterocycles. The van der Waals surface area contributed by atoms with Gasteiger partial charge in [0.15, 0.2) is 0 Å². The maximum absolute atomic E-state index is 13.4. The summed E-state index contributed by atoms with van der Waals surface area (Å²) in [7, 11) is 1.51. The molecule has 1 amide bonds. The number of ketones is 1. The van der Waals surface area contributed by atoms with Gasteiger partial charge in [0.2, 0.25) is 0 Å². The van der Waals surface area contributed by atoms with E-state index in [1.165, 1.54) is 12.0 Å². The average Bonchev–Trinajstić information content (AvgIpc) is 3.10. The van der Waals surface area contributed by atoms with Crippen LogP contribution in [-0.4, -0.2) is 30.5 Å². The zero-order valence-electron chi connectivity index (χ0n) is 19.7. The molecule has 1 heterocycles. The molecule has 0 aromatic heterocycles. The van der Waals surface area contributed by atoms with Gasteiger partial charge in [0, 0.05) is 5.56 Å². The van der Waals surface area contributed by atoms with E-state index in [0.717, 1.165) is 11.1 Å². The summed E-state index contributed by atoms with van der Waals surface area (Å²) in [5.41, 5.74) is 3.44. The second-order valence-electron chi connectivity index (χ2n) is 8.17. The molecular weight excluding hydrogens is 430 g/mol. The molecule has 34 heavy (non-hydrogen) atoms. The van der Waals surface area contributed by atoms with Crippen LogP contribution in [0.1, 0.15) is 35.2 Å². The fourth-order valence-corrected chi connectivity index (χ4v) is 4.34. The lowest BCUT2D eigenvalue weighted by Gasteiger charge is -2.27. The SMILES string of the molecule is CCOc1ccc(/C(O)=C2/C(=O)C(=O)N(c3ccccc3OC)C2c2cccc(C)c2)cc1C. The van der Waals surface area contributed by atoms with Crippen molar-refractivity contribution in [1.82, 2.24) is 0 Å². The van der Waals surface area contributed by atoms with E-state index in [0.29, 0.717) is 34.9 Å². The Morgan fingerprint density at radius 1 is 0.971 bits per heavy atom. The Kier molecular flexibility index (Phi) is 6.41. The number of methoxy groups -OCH3 is 1. The summed E-state index contributed by atoms with van der Waals surface area (Å²) in [4.78, 5) is 28.1. The maximum atomic E-state index is 13.4. The number of aliphatic hydroxyl groups excluding tert-OH is 1. The molecule has 174 valence electrons. The van der Waals surface area contributed by atoms with Gasteiger partial charge in [-0.2, -0.15) is 0 Å². The Balaban J connectivity index is 1.94. The Hall–Kier alpha value is -4.06. The van der Waals surface area contributed by atoms with Crippen molar-refractivity contribution in [2.24, 2.45) is 0 Å². The van der Waals surface area contributed by atoms with Gasteiger partial charge in [-0.05, 0) is 62.2 Å². The minimum absolute atomic E-state index is 0.0325. The number of nitrogens with zero attached hydrogens (tertiary/aromatic N) is 1. The van der Waals surface area contributed by atoms with Crippen LogP contribution in [0.4, 0.5) is 5.69 Å². The lowest BCUT2D eigenvalue weighted by molar-refractivity contribution is -0.132. The van der Waals surface area contributed by atoms with Crippen molar-refractivity contribution in [3.8, 4) is 11.5 Å². The topological polar surface area (TPSA) is 76.1 Å². The molecule has 6 heteroatoms. The summed E-state index contributed by atoms with van der Waals surface area (Å²) in [6, 6.07) is 19.0. The van der Waals surface area contributed by atoms with E-state index in [1.807, 2.05) is 45.0 Å². The largest absolute Gasteiger partial charge is 0.507 e. The van der Waals surface area contributed by atoms with Gasteiger partial charge in [-0.1, -0.05) is 42.0 Å². The van der Waals surface area contributed by atoms with Crippen LogP contribution in [0.15, 0.2) is 72.3 Å². The molecule has 0 saturated carbocycles. The zero-order chi connectivity index (χ0) is 24.4. The normalized spacial score (nSPS) is 17.2. The van der Waals surface area contributed by atoms with Crippen LogP contribution in [0, 0.1) is 13.8 Å². The molecule has 3 aromatic rings. The van der Waals surface area contributed by atoms with Gasteiger partial charge in [-0.25, -0.2) is 0 Å². The molecule has 0 bridgehead atoms. The van der Waals surface area contributed by atoms with Crippen molar-refractivity contribution in [3.05, 3.63) is 94.6 Å². The summed E-state index contributed by atoms with van der Waals surface area (Å²) >= 11 is 0. The first kappa shape index (κ1) is 23.1. The minimum Gasteiger partial charge on any atom is -0.507 e. The molecule has 6 nitrogen and oxygen atoms in total. The van der Waals surface area contributed by atoms with Gasteiger partial charge >= 0.3 is 0 Å². The van der Waals surface area contributed by atoms with E-state index in [4.69, 9.17) is 9.47 Å². The van der Waals surface area contributed by atoms with E-state index in [2.05, 4.69) is 0 Å². The van der Waals surface area contributed by atoms with E-state index in [-0.39, 0.29) is 11.3 Å². The third-order valence-electron chi connectivity index (χ3n) is 5.90. The fourth-order valence-electron chi connectivity index (χ4n) is 4.34. The van der Waals surface area contributed by atoms with Crippen LogP contribution >= 0.6 is 0 Å². The smallest absolute Gasteiger partial charge is 0.300 e. The van der Waals surface area contributed by atoms with Gasteiger partial charge in [0.1, 0.15) is 17.3 Å². The van der Waals surface area contributed by atoms with Crippen LogP contribution in [0.25, 0.3) is 5.76 Å². The third kappa shape index (κ3) is 4.03. The Morgan fingerprint density at radius 3 is 2.41 bits per heavy atom. The predicted octanol–water partition coefficient (Wildman–Crippen LogP) is 5.34. The highest BCUT2D eigenvalue weighted by atomic mass is 16.5. The standard InChI is InChI=1S/C28H27NO5/c1-5-34-22-14-13-20(16-18(22)3)26(30)24-25(19-10-8-9-17(2)15-19)29(28(32)27(24)31)21-11-6-7-12-23(21)33-4/h6-16,25,30H,5H2,1-4H3/b26-24-. The lowest BCUT2D eigenvalue weighted by atomic mass is 9.93. The van der Waals surface area contributed by atoms with Crippen LogP contribution in [-0.2, 0) is 9.59 Å². The number of para-hydroxylation sites is 2. The summed E-state index contributed by atoms with van der Waals surface area (Å²) in [5, 5.41) is 11.4. The maximum Gasteiger partial charge on any atom is 0.300 e. The molecular formula is C28H27NO5. The monoisotopic (exact) mass is 457 g/mol. The first-order chi connectivity index (χ1) is 16.4. The molecule has 0 aliphatic carbocycles. The van der Waals surface area contributed by atoms with Gasteiger partial charge < -0.3 is 14.6 Å². The van der Waals surface area contributed by atoms with Crippen LogP contribution in [0.5, 0.6) is 11.5 Å². The molecule has 1 fully saturated rings. The average molecular weight is 458 g/mol. The van der Waals surface area contributed by atoms with Crippen molar-refractivity contribution >= 4 is 23.1 Å². The number of carbonyl (C=O) groups excluding carboxylic acids is 2. The van der Waals surface area contributed by atoms with Crippen molar-refractivity contribution in [2.75, 3.05) is 18.6 Å². The number of benzene rings is 3. The fraction of sp³-hybridized carbons (Fsp3) is 0.214. The summed E-state index contributed by atoms with van der Waals surface area (Å²) in [6.45, 7) is 6.22. The van der Waals surface area contributed by atoms with Gasteiger partial charge in [0.25, 0.3) is 11.7 Å². The second kappa shape index (κ2) is 9.43. The quantitative estimate of drug-likeness (QED) is 0.307. The molecule has 4 rings (SSSR count). The first-order valence-electron chi connectivity index (χ1n) is 11.1. The number of carbonyl (C=O) groups is 2. The molecule has 0 spiro atoms. The van der Waals surface area contributed by atoms with Gasteiger partial charge in [-0.15, -0.1) is 0 Å². The molecule has 1 N–H and O–H groups in total. The Bertz CT molecular complexity index is 1290. The molecule has 1 atom stereocenters. The van der Waals surface area contributed by atoms with Crippen molar-refractivity contribution in [3.63, 3.8) is 0 Å². The highest BCUT2D eigenvalue weighted by Gasteiger charge is 2.47. The first-order valence-corrected chi connectivity index (χ1v) is 11.1. The van der Waals surface area contributed by atoms with E-state index < -0.39 is 17.7 Å². The van der Waals surface area contributed by atoms with Crippen LogP contribution in [0.2, 0.25) is 0 Å². The highest BCUT2D eigenvalue weighted by molar-refractivity contribution is 6.51. The number of hydrogen-bond donors (Lipinski definition) is 1. The lowest BCUT2D eigenvalue weighted by Crippen LogP contribution is -2.29. The molecule has 1 unspecified atom stereocenters. The van der Waals surface area contributed by atoms with Gasteiger partial charge in [0.05, 0.1) is 31.0 Å². The summed E-state index contributed by atoms with van der Waals surface area (Å²) in [5.74, 6) is -0.544.